The molecule has 1 unspecified atom stereocenters. The predicted molar refractivity (Wildman–Crippen MR) is 77.9 cm³/mol. The van der Waals surface area contributed by atoms with Crippen LogP contribution in [0, 0.1) is 6.92 Å². The molecule has 0 saturated heterocycles. The van der Waals surface area contributed by atoms with E-state index in [0.29, 0.717) is 6.61 Å². The largest absolute Gasteiger partial charge is 0.374 e. The van der Waals surface area contributed by atoms with Crippen LogP contribution in [0.4, 0.5) is 0 Å². The molecule has 1 heterocycles. The molecule has 0 saturated carbocycles. The Hall–Kier alpha value is -0.390. The second kappa shape index (κ2) is 6.17. The van der Waals surface area contributed by atoms with Gasteiger partial charge < -0.3 is 10.1 Å². The SMILES string of the molecule is CNC(COC(C)(C)C)Cc1c(Br)c(C)nn1C. The summed E-state index contributed by atoms with van der Waals surface area (Å²) in [5.74, 6) is 0. The molecule has 0 aliphatic carbocycles. The molecule has 5 heteroatoms. The van der Waals surface area contributed by atoms with Gasteiger partial charge in [-0.15, -0.1) is 0 Å². The first-order chi connectivity index (χ1) is 8.24. The van der Waals surface area contributed by atoms with Crippen molar-refractivity contribution in [2.45, 2.75) is 45.8 Å². The Balaban J connectivity index is 2.68. The van der Waals surface area contributed by atoms with Crippen LogP contribution in [0.3, 0.4) is 0 Å². The molecule has 0 spiro atoms. The molecule has 1 aromatic rings. The van der Waals surface area contributed by atoms with Crippen molar-refractivity contribution in [3.8, 4) is 0 Å². The number of aromatic nitrogens is 2. The zero-order valence-electron chi connectivity index (χ0n) is 12.2. The number of aryl methyl sites for hydroxylation is 2. The molecular weight excluding hydrogens is 294 g/mol. The Labute approximate surface area is 118 Å². The first-order valence-corrected chi connectivity index (χ1v) is 7.03. The average Bonchev–Trinajstić information content (AvgIpc) is 2.48. The van der Waals surface area contributed by atoms with Gasteiger partial charge in [0.25, 0.3) is 0 Å². The summed E-state index contributed by atoms with van der Waals surface area (Å²) in [6.07, 6.45) is 0.893. The van der Waals surface area contributed by atoms with Crippen molar-refractivity contribution < 1.29 is 4.74 Å². The van der Waals surface area contributed by atoms with Gasteiger partial charge in [-0.1, -0.05) is 0 Å². The lowest BCUT2D eigenvalue weighted by molar-refractivity contribution is -0.0136. The number of likely N-dealkylation sites (N-methyl/N-ethyl adjacent to an activating group) is 1. The normalized spacial score (nSPS) is 13.9. The van der Waals surface area contributed by atoms with E-state index in [1.807, 2.05) is 25.7 Å². The topological polar surface area (TPSA) is 39.1 Å². The molecule has 0 aromatic carbocycles. The van der Waals surface area contributed by atoms with Gasteiger partial charge in [-0.3, -0.25) is 4.68 Å². The Morgan fingerprint density at radius 2 is 2.06 bits per heavy atom. The number of ether oxygens (including phenoxy) is 1. The van der Waals surface area contributed by atoms with Gasteiger partial charge >= 0.3 is 0 Å². The van der Waals surface area contributed by atoms with Gasteiger partial charge in [0, 0.05) is 19.5 Å². The number of hydrogen-bond acceptors (Lipinski definition) is 3. The zero-order chi connectivity index (χ0) is 13.9. The maximum absolute atomic E-state index is 5.83. The summed E-state index contributed by atoms with van der Waals surface area (Å²) < 4.78 is 8.86. The fraction of sp³-hybridized carbons (Fsp3) is 0.769. The van der Waals surface area contributed by atoms with Crippen LogP contribution < -0.4 is 5.32 Å². The Morgan fingerprint density at radius 1 is 1.44 bits per heavy atom. The molecule has 1 atom stereocenters. The third-order valence-electron chi connectivity index (χ3n) is 2.83. The van der Waals surface area contributed by atoms with Crippen LogP contribution in [0.1, 0.15) is 32.2 Å². The number of nitrogens with zero attached hydrogens (tertiary/aromatic N) is 2. The summed E-state index contributed by atoms with van der Waals surface area (Å²) >= 11 is 3.60. The quantitative estimate of drug-likeness (QED) is 0.906. The highest BCUT2D eigenvalue weighted by Gasteiger charge is 2.18. The van der Waals surface area contributed by atoms with Gasteiger partial charge in [0.05, 0.1) is 28.1 Å². The first kappa shape index (κ1) is 15.7. The smallest absolute Gasteiger partial charge is 0.0738 e. The van der Waals surface area contributed by atoms with Crippen molar-refractivity contribution in [3.05, 3.63) is 15.9 Å². The van der Waals surface area contributed by atoms with E-state index in [2.05, 4.69) is 47.1 Å². The molecule has 4 nitrogen and oxygen atoms in total. The fourth-order valence-corrected chi connectivity index (χ4v) is 2.23. The molecule has 0 fully saturated rings. The Bertz CT molecular complexity index is 396. The van der Waals surface area contributed by atoms with Crippen LogP contribution in [0.15, 0.2) is 4.47 Å². The highest BCUT2D eigenvalue weighted by Crippen LogP contribution is 2.21. The summed E-state index contributed by atoms with van der Waals surface area (Å²) in [6.45, 7) is 8.92. The molecule has 104 valence electrons. The highest BCUT2D eigenvalue weighted by atomic mass is 79.9. The highest BCUT2D eigenvalue weighted by molar-refractivity contribution is 9.10. The summed E-state index contributed by atoms with van der Waals surface area (Å²) in [5, 5.41) is 7.71. The molecule has 0 bridgehead atoms. The molecule has 0 aliphatic heterocycles. The second-order valence-corrected chi connectivity index (χ2v) is 6.38. The molecular formula is C13H24BrN3O. The lowest BCUT2D eigenvalue weighted by Gasteiger charge is -2.24. The van der Waals surface area contributed by atoms with Gasteiger partial charge in [0.2, 0.25) is 0 Å². The van der Waals surface area contributed by atoms with E-state index in [0.717, 1.165) is 16.6 Å². The standard InChI is InChI=1S/C13H24BrN3O/c1-9-12(14)11(17(6)16-9)7-10(15-5)8-18-13(2,3)4/h10,15H,7-8H2,1-6H3. The molecule has 0 aliphatic rings. The van der Waals surface area contributed by atoms with E-state index in [1.54, 1.807) is 0 Å². The summed E-state index contributed by atoms with van der Waals surface area (Å²) in [6, 6.07) is 0.287. The minimum absolute atomic E-state index is 0.102. The van der Waals surface area contributed by atoms with Crippen LogP contribution in [0.25, 0.3) is 0 Å². The van der Waals surface area contributed by atoms with E-state index < -0.39 is 0 Å². The molecule has 1 N–H and O–H groups in total. The molecule has 0 amide bonds. The Morgan fingerprint density at radius 3 is 2.44 bits per heavy atom. The van der Waals surface area contributed by atoms with E-state index in [1.165, 1.54) is 5.69 Å². The molecule has 0 radical (unpaired) electrons. The van der Waals surface area contributed by atoms with Gasteiger partial charge in [0.15, 0.2) is 0 Å². The van der Waals surface area contributed by atoms with Crippen LogP contribution in [-0.4, -0.2) is 35.1 Å². The van der Waals surface area contributed by atoms with Crippen LogP contribution >= 0.6 is 15.9 Å². The van der Waals surface area contributed by atoms with Gasteiger partial charge in [-0.25, -0.2) is 0 Å². The van der Waals surface area contributed by atoms with E-state index >= 15 is 0 Å². The monoisotopic (exact) mass is 317 g/mol. The van der Waals surface area contributed by atoms with Crippen molar-refractivity contribution in [2.24, 2.45) is 7.05 Å². The van der Waals surface area contributed by atoms with Crippen LogP contribution in [-0.2, 0) is 18.2 Å². The lowest BCUT2D eigenvalue weighted by atomic mass is 10.1. The average molecular weight is 318 g/mol. The van der Waals surface area contributed by atoms with E-state index in [-0.39, 0.29) is 11.6 Å². The van der Waals surface area contributed by atoms with Crippen LogP contribution in [0.2, 0.25) is 0 Å². The van der Waals surface area contributed by atoms with Crippen molar-refractivity contribution in [2.75, 3.05) is 13.7 Å². The van der Waals surface area contributed by atoms with Crippen LogP contribution in [0.5, 0.6) is 0 Å². The van der Waals surface area contributed by atoms with Gasteiger partial charge in [-0.2, -0.15) is 5.10 Å². The number of rotatable bonds is 5. The third-order valence-corrected chi connectivity index (χ3v) is 3.86. The summed E-state index contributed by atoms with van der Waals surface area (Å²) in [7, 11) is 3.94. The first-order valence-electron chi connectivity index (χ1n) is 6.23. The molecule has 1 rings (SSSR count). The minimum atomic E-state index is -0.102. The number of nitrogens with one attached hydrogen (secondary N) is 1. The number of hydrogen-bond donors (Lipinski definition) is 1. The fourth-order valence-electron chi connectivity index (χ4n) is 1.73. The Kier molecular flexibility index (Phi) is 5.37. The predicted octanol–water partition coefficient (Wildman–Crippen LogP) is 2.44. The van der Waals surface area contributed by atoms with Crippen molar-refractivity contribution in [1.29, 1.82) is 0 Å². The van der Waals surface area contributed by atoms with Gasteiger partial charge in [0.1, 0.15) is 0 Å². The molecule has 18 heavy (non-hydrogen) atoms. The second-order valence-electron chi connectivity index (χ2n) is 5.58. The maximum Gasteiger partial charge on any atom is 0.0738 e. The third kappa shape index (κ3) is 4.37. The van der Waals surface area contributed by atoms with E-state index in [4.69, 9.17) is 4.74 Å². The summed E-state index contributed by atoms with van der Waals surface area (Å²) in [5.41, 5.74) is 2.12. The van der Waals surface area contributed by atoms with Crippen molar-refractivity contribution >= 4 is 15.9 Å². The maximum atomic E-state index is 5.83. The van der Waals surface area contributed by atoms with E-state index in [9.17, 15) is 0 Å². The molecule has 1 aromatic heterocycles. The van der Waals surface area contributed by atoms with Gasteiger partial charge in [-0.05, 0) is 50.7 Å². The van der Waals surface area contributed by atoms with Crippen molar-refractivity contribution in [1.82, 2.24) is 15.1 Å². The lowest BCUT2D eigenvalue weighted by Crippen LogP contribution is -2.36. The minimum Gasteiger partial charge on any atom is -0.374 e. The zero-order valence-corrected chi connectivity index (χ0v) is 13.8. The summed E-state index contributed by atoms with van der Waals surface area (Å²) in [4.78, 5) is 0. The van der Waals surface area contributed by atoms with Crippen molar-refractivity contribution in [3.63, 3.8) is 0 Å². The number of halogens is 1.